The number of amides is 1. The smallest absolute Gasteiger partial charge is 0.408 e. The van der Waals surface area contributed by atoms with Crippen molar-refractivity contribution in [2.45, 2.75) is 64.5 Å². The highest BCUT2D eigenvalue weighted by molar-refractivity contribution is 5.68. The van der Waals surface area contributed by atoms with Gasteiger partial charge in [-0.2, -0.15) is 0 Å². The fourth-order valence-corrected chi connectivity index (χ4v) is 6.09. The summed E-state index contributed by atoms with van der Waals surface area (Å²) < 4.78 is 41.1. The van der Waals surface area contributed by atoms with Crippen LogP contribution in [0.2, 0.25) is 0 Å². The topological polar surface area (TPSA) is 47.6 Å². The molecule has 3 atom stereocenters. The van der Waals surface area contributed by atoms with E-state index in [9.17, 15) is 13.6 Å². The summed E-state index contributed by atoms with van der Waals surface area (Å²) in [6.45, 7) is 8.22. The summed E-state index contributed by atoms with van der Waals surface area (Å²) in [4.78, 5) is 13.1. The Morgan fingerprint density at radius 2 is 2.08 bits per heavy atom. The van der Waals surface area contributed by atoms with Gasteiger partial charge in [-0.05, 0) is 68.0 Å². The van der Waals surface area contributed by atoms with E-state index in [1.807, 2.05) is 0 Å². The van der Waals surface area contributed by atoms with E-state index in [0.29, 0.717) is 18.1 Å². The summed E-state index contributed by atoms with van der Waals surface area (Å²) in [6, 6.07) is 5.97. The fourth-order valence-electron chi connectivity index (χ4n) is 6.09. The summed E-state index contributed by atoms with van der Waals surface area (Å²) in [5.41, 5.74) is 0.499. The maximum Gasteiger partial charge on any atom is 0.408 e. The van der Waals surface area contributed by atoms with Crippen molar-refractivity contribution >= 4 is 6.09 Å². The van der Waals surface area contributed by atoms with Crippen LogP contribution in [0.5, 0.6) is 0 Å². The first-order chi connectivity index (χ1) is 17.9. The van der Waals surface area contributed by atoms with Crippen LogP contribution in [0, 0.1) is 17.7 Å². The Morgan fingerprint density at radius 1 is 1.27 bits per heavy atom. The molecule has 1 amide bonds. The number of carbonyl (C=O) groups excluding carboxylic acids is 1. The van der Waals surface area contributed by atoms with Gasteiger partial charge in [-0.1, -0.05) is 25.1 Å². The van der Waals surface area contributed by atoms with Gasteiger partial charge in [-0.25, -0.2) is 13.6 Å². The Morgan fingerprint density at radius 3 is 2.78 bits per heavy atom. The molecule has 1 aromatic rings. The van der Waals surface area contributed by atoms with Gasteiger partial charge in [0, 0.05) is 25.2 Å². The van der Waals surface area contributed by atoms with E-state index in [0.717, 1.165) is 62.1 Å². The second-order valence-electron chi connectivity index (χ2n) is 10.8. The van der Waals surface area contributed by atoms with Crippen molar-refractivity contribution in [2.75, 3.05) is 32.8 Å². The zero-order valence-corrected chi connectivity index (χ0v) is 22.1. The second kappa shape index (κ2) is 12.7. The van der Waals surface area contributed by atoms with Crippen LogP contribution in [0.15, 0.2) is 60.2 Å². The van der Waals surface area contributed by atoms with Gasteiger partial charge in [0.15, 0.2) is 0 Å². The van der Waals surface area contributed by atoms with Gasteiger partial charge in [0.2, 0.25) is 0 Å². The third kappa shape index (κ3) is 7.44. The molecule has 0 spiro atoms. The summed E-state index contributed by atoms with van der Waals surface area (Å²) in [7, 11) is 0. The number of quaternary nitrogens is 1. The number of hydrogen-bond acceptors (Lipinski definition) is 3. The van der Waals surface area contributed by atoms with E-state index in [-0.39, 0.29) is 6.04 Å². The van der Waals surface area contributed by atoms with Crippen LogP contribution in [-0.2, 0) is 9.47 Å². The number of halogens is 2. The van der Waals surface area contributed by atoms with Crippen LogP contribution < -0.4 is 5.32 Å². The molecule has 3 fully saturated rings. The number of rotatable bonds is 10. The lowest BCUT2D eigenvalue weighted by Crippen LogP contribution is -2.68. The van der Waals surface area contributed by atoms with E-state index in [4.69, 9.17) is 9.47 Å². The van der Waals surface area contributed by atoms with Crippen molar-refractivity contribution in [1.82, 2.24) is 5.32 Å². The lowest BCUT2D eigenvalue weighted by atomic mass is 9.81. The molecule has 0 saturated carbocycles. The van der Waals surface area contributed by atoms with Crippen molar-refractivity contribution in [3.63, 3.8) is 0 Å². The molecule has 5 rings (SSSR count). The molecule has 1 aromatic carbocycles. The number of nitrogens with one attached hydrogen (secondary N) is 1. The van der Waals surface area contributed by atoms with Crippen molar-refractivity contribution in [2.24, 2.45) is 11.8 Å². The normalized spacial score (nSPS) is 27.5. The van der Waals surface area contributed by atoms with E-state index < -0.39 is 29.8 Å². The van der Waals surface area contributed by atoms with Crippen LogP contribution in [0.3, 0.4) is 0 Å². The number of benzene rings is 1. The standard InChI is InChI=1S/C30H40F2N2O3/c1-3-8-25(31)19-22(2)29(24-9-7-10-26(32)20-24)37-30(35)33-28-21-34(15-13-23(28)14-16-34)17-18-36-27-11-5-4-6-12-27/h3,7-11,19-20,22-23,28-29H,4-6,12-18,21H2,1-2H3/p+1. The molecule has 4 aliphatic rings. The number of alkyl carbamates (subject to hydrolysis) is 1. The molecule has 3 unspecified atom stereocenters. The van der Waals surface area contributed by atoms with Crippen molar-refractivity contribution in [3.05, 3.63) is 71.5 Å². The minimum absolute atomic E-state index is 0.0164. The second-order valence-corrected chi connectivity index (χ2v) is 10.8. The quantitative estimate of drug-likeness (QED) is 0.277. The maximum atomic E-state index is 14.2. The summed E-state index contributed by atoms with van der Waals surface area (Å²) in [6.07, 6.45) is 12.0. The molecule has 3 heterocycles. The number of piperidine rings is 3. The number of nitrogens with zero attached hydrogens (tertiary/aromatic N) is 1. The molecular weight excluding hydrogens is 474 g/mol. The van der Waals surface area contributed by atoms with Crippen LogP contribution in [0.4, 0.5) is 13.6 Å². The molecular formula is C30H41F2N2O3+. The van der Waals surface area contributed by atoms with Crippen molar-refractivity contribution < 1.29 is 27.5 Å². The molecule has 202 valence electrons. The van der Waals surface area contributed by atoms with E-state index in [1.54, 1.807) is 32.1 Å². The summed E-state index contributed by atoms with van der Waals surface area (Å²) in [5.74, 6) is 0.223. The molecule has 3 saturated heterocycles. The van der Waals surface area contributed by atoms with Crippen LogP contribution in [-0.4, -0.2) is 49.4 Å². The molecule has 0 aromatic heterocycles. The third-order valence-corrected chi connectivity index (χ3v) is 8.14. The first-order valence-corrected chi connectivity index (χ1v) is 13.8. The number of fused-ring (bicyclic) bond motifs is 3. The predicted octanol–water partition coefficient (Wildman–Crippen LogP) is 6.74. The monoisotopic (exact) mass is 515 g/mol. The zero-order valence-electron chi connectivity index (χ0n) is 22.1. The highest BCUT2D eigenvalue weighted by atomic mass is 19.1. The first kappa shape index (κ1) is 27.4. The van der Waals surface area contributed by atoms with E-state index >= 15 is 0 Å². The van der Waals surface area contributed by atoms with E-state index in [1.165, 1.54) is 37.1 Å². The van der Waals surface area contributed by atoms with Gasteiger partial charge in [0.1, 0.15) is 30.9 Å². The molecule has 7 heteroatoms. The Hall–Kier alpha value is -2.67. The number of hydrogen-bond donors (Lipinski definition) is 1. The minimum Gasteiger partial charge on any atom is -0.492 e. The lowest BCUT2D eigenvalue weighted by molar-refractivity contribution is -0.944. The maximum absolute atomic E-state index is 14.2. The van der Waals surface area contributed by atoms with Gasteiger partial charge < -0.3 is 19.3 Å². The molecule has 37 heavy (non-hydrogen) atoms. The molecule has 5 nitrogen and oxygen atoms in total. The third-order valence-electron chi connectivity index (χ3n) is 8.14. The number of carbonyl (C=O) groups is 1. The van der Waals surface area contributed by atoms with Crippen LogP contribution >= 0.6 is 0 Å². The fraction of sp³-hybridized carbons (Fsp3) is 0.567. The van der Waals surface area contributed by atoms with Crippen LogP contribution in [0.1, 0.15) is 64.0 Å². The van der Waals surface area contributed by atoms with Gasteiger partial charge in [-0.15, -0.1) is 0 Å². The lowest BCUT2D eigenvalue weighted by Gasteiger charge is -2.52. The molecule has 2 bridgehead atoms. The average molecular weight is 516 g/mol. The zero-order chi connectivity index (χ0) is 26.3. The number of allylic oxidation sites excluding steroid dienone is 5. The Kier molecular flexibility index (Phi) is 9.41. The predicted molar refractivity (Wildman–Crippen MR) is 141 cm³/mol. The molecule has 0 radical (unpaired) electrons. The Bertz CT molecular complexity index is 1010. The average Bonchev–Trinajstić information content (AvgIpc) is 2.88. The number of ether oxygens (including phenoxy) is 2. The Balaban J connectivity index is 1.38. The largest absolute Gasteiger partial charge is 0.492 e. The van der Waals surface area contributed by atoms with Crippen LogP contribution in [0.25, 0.3) is 0 Å². The molecule has 1 N–H and O–H groups in total. The minimum atomic E-state index is -0.812. The highest BCUT2D eigenvalue weighted by Crippen LogP contribution is 2.35. The molecule has 3 aliphatic heterocycles. The van der Waals surface area contributed by atoms with Gasteiger partial charge in [-0.3, -0.25) is 0 Å². The van der Waals surface area contributed by atoms with Gasteiger partial charge in [0.05, 0.1) is 31.4 Å². The highest BCUT2D eigenvalue weighted by Gasteiger charge is 2.46. The summed E-state index contributed by atoms with van der Waals surface area (Å²) >= 11 is 0. The SMILES string of the molecule is CC=CC(F)=CC(C)C(OC(=O)NC1C[N+]2(CCOC3=CCCCC3)CCC1CC2)c1cccc(F)c1. The van der Waals surface area contributed by atoms with E-state index in [2.05, 4.69) is 11.4 Å². The van der Waals surface area contributed by atoms with Gasteiger partial charge >= 0.3 is 6.09 Å². The van der Waals surface area contributed by atoms with Crippen molar-refractivity contribution in [3.8, 4) is 0 Å². The first-order valence-electron chi connectivity index (χ1n) is 13.8. The Labute approximate surface area is 219 Å². The summed E-state index contributed by atoms with van der Waals surface area (Å²) in [5, 5.41) is 3.11. The molecule has 1 aliphatic carbocycles. The van der Waals surface area contributed by atoms with Gasteiger partial charge in [0.25, 0.3) is 0 Å². The van der Waals surface area contributed by atoms with Crippen molar-refractivity contribution in [1.29, 1.82) is 0 Å².